The number of hydrogen-bond donors (Lipinski definition) is 1. The maximum Gasteiger partial charge on any atom is 0.267 e. The fourth-order valence-electron chi connectivity index (χ4n) is 1.59. The van der Waals surface area contributed by atoms with Crippen molar-refractivity contribution in [3.63, 3.8) is 0 Å². The lowest BCUT2D eigenvalue weighted by Gasteiger charge is -2.10. The third kappa shape index (κ3) is 4.56. The van der Waals surface area contributed by atoms with Crippen LogP contribution in [0, 0.1) is 5.82 Å². The zero-order valence-corrected chi connectivity index (χ0v) is 12.5. The second-order valence-electron chi connectivity index (χ2n) is 4.51. The second-order valence-corrected chi connectivity index (χ2v) is 4.92. The van der Waals surface area contributed by atoms with Crippen molar-refractivity contribution in [3.8, 4) is 0 Å². The van der Waals surface area contributed by atoms with Crippen LogP contribution in [-0.2, 0) is 9.63 Å². The van der Waals surface area contributed by atoms with Crippen molar-refractivity contribution in [1.29, 1.82) is 0 Å². The van der Waals surface area contributed by atoms with Gasteiger partial charge in [-0.25, -0.2) is 4.39 Å². The van der Waals surface area contributed by atoms with Crippen LogP contribution in [0.2, 0.25) is 5.02 Å². The number of nitrogens with one attached hydrogen (secondary N) is 1. The molecule has 4 nitrogen and oxygen atoms in total. The largest absolute Gasteiger partial charge is 0.383 e. The van der Waals surface area contributed by atoms with Crippen molar-refractivity contribution in [3.05, 3.63) is 64.9 Å². The van der Waals surface area contributed by atoms with Crippen molar-refractivity contribution in [1.82, 2.24) is 0 Å². The normalized spacial score (nSPS) is 12.1. The zero-order chi connectivity index (χ0) is 15.9. The number of oxime groups is 1. The van der Waals surface area contributed by atoms with E-state index in [4.69, 9.17) is 16.4 Å². The van der Waals surface area contributed by atoms with Gasteiger partial charge in [-0.1, -0.05) is 47.1 Å². The van der Waals surface area contributed by atoms with Gasteiger partial charge in [0.05, 0.1) is 11.2 Å². The van der Waals surface area contributed by atoms with Gasteiger partial charge in [-0.15, -0.1) is 0 Å². The van der Waals surface area contributed by atoms with Gasteiger partial charge in [0, 0.05) is 5.69 Å². The van der Waals surface area contributed by atoms with E-state index in [9.17, 15) is 9.18 Å². The van der Waals surface area contributed by atoms with Gasteiger partial charge in [-0.3, -0.25) is 4.79 Å². The fraction of sp³-hybridized carbons (Fsp3) is 0.125. The van der Waals surface area contributed by atoms with Crippen LogP contribution in [0.3, 0.4) is 0 Å². The average molecular weight is 321 g/mol. The number of hydrogen-bond acceptors (Lipinski definition) is 3. The lowest BCUT2D eigenvalue weighted by Crippen LogP contribution is -2.26. The highest BCUT2D eigenvalue weighted by Gasteiger charge is 2.14. The number of nitrogens with zero attached hydrogens (tertiary/aromatic N) is 1. The third-order valence-electron chi connectivity index (χ3n) is 2.78. The summed E-state index contributed by atoms with van der Waals surface area (Å²) in [7, 11) is 0. The molecule has 0 bridgehead atoms. The van der Waals surface area contributed by atoms with E-state index >= 15 is 0 Å². The molecule has 2 aromatic carbocycles. The molecule has 0 saturated carbocycles. The molecule has 2 aromatic rings. The Labute approximate surface area is 132 Å². The van der Waals surface area contributed by atoms with E-state index in [0.717, 1.165) is 5.56 Å². The van der Waals surface area contributed by atoms with Crippen molar-refractivity contribution in [2.24, 2.45) is 5.16 Å². The Bertz CT molecular complexity index is 677. The summed E-state index contributed by atoms with van der Waals surface area (Å²) in [5, 5.41) is 6.27. The molecule has 1 unspecified atom stereocenters. The molecule has 0 aromatic heterocycles. The van der Waals surface area contributed by atoms with Gasteiger partial charge in [0.25, 0.3) is 5.91 Å². The standard InChI is InChI=1S/C16H14ClFN2O2/c1-11(22-19-10-12-5-3-2-4-6-12)16(21)20-13-7-8-15(18)14(17)9-13/h2-11H,1H3,(H,20,21)/b19-10+. The van der Waals surface area contributed by atoms with Crippen molar-refractivity contribution in [2.45, 2.75) is 13.0 Å². The van der Waals surface area contributed by atoms with Gasteiger partial charge >= 0.3 is 0 Å². The molecular weight excluding hydrogens is 307 g/mol. The molecular formula is C16H14ClFN2O2. The Balaban J connectivity index is 1.89. The molecule has 0 spiro atoms. The number of carbonyl (C=O) groups excluding carboxylic acids is 1. The first-order chi connectivity index (χ1) is 10.6. The Kier molecular flexibility index (Phi) is 5.49. The number of amides is 1. The van der Waals surface area contributed by atoms with Crippen LogP contribution in [-0.4, -0.2) is 18.2 Å². The molecule has 0 saturated heterocycles. The first-order valence-electron chi connectivity index (χ1n) is 6.56. The van der Waals surface area contributed by atoms with Crippen LogP contribution in [0.4, 0.5) is 10.1 Å². The molecule has 1 amide bonds. The summed E-state index contributed by atoms with van der Waals surface area (Å²) in [6.07, 6.45) is 0.710. The Morgan fingerprint density at radius 2 is 2.05 bits per heavy atom. The Hall–Kier alpha value is -2.40. The van der Waals surface area contributed by atoms with E-state index in [2.05, 4.69) is 10.5 Å². The van der Waals surface area contributed by atoms with E-state index in [-0.39, 0.29) is 5.02 Å². The van der Waals surface area contributed by atoms with Gasteiger partial charge in [0.15, 0.2) is 0 Å². The quantitative estimate of drug-likeness (QED) is 0.672. The van der Waals surface area contributed by atoms with Crippen molar-refractivity contribution in [2.75, 3.05) is 5.32 Å². The highest BCUT2D eigenvalue weighted by Crippen LogP contribution is 2.19. The summed E-state index contributed by atoms with van der Waals surface area (Å²) < 4.78 is 13.0. The predicted molar refractivity (Wildman–Crippen MR) is 84.6 cm³/mol. The maximum absolute atomic E-state index is 13.0. The topological polar surface area (TPSA) is 50.7 Å². The van der Waals surface area contributed by atoms with E-state index in [0.29, 0.717) is 5.69 Å². The predicted octanol–water partition coefficient (Wildman–Crippen LogP) is 3.86. The summed E-state index contributed by atoms with van der Waals surface area (Å²) in [5.74, 6) is -0.954. The molecule has 22 heavy (non-hydrogen) atoms. The van der Waals surface area contributed by atoms with E-state index in [1.807, 2.05) is 30.3 Å². The summed E-state index contributed by atoms with van der Waals surface area (Å²) in [6, 6.07) is 13.3. The number of rotatable bonds is 5. The first kappa shape index (κ1) is 16.0. The van der Waals surface area contributed by atoms with Crippen LogP contribution >= 0.6 is 11.6 Å². The molecule has 0 radical (unpaired) electrons. The van der Waals surface area contributed by atoms with Crippen LogP contribution < -0.4 is 5.32 Å². The minimum absolute atomic E-state index is 0.0616. The first-order valence-corrected chi connectivity index (χ1v) is 6.94. The van der Waals surface area contributed by atoms with Crippen LogP contribution in [0.15, 0.2) is 53.7 Å². The van der Waals surface area contributed by atoms with Crippen molar-refractivity contribution < 1.29 is 14.0 Å². The molecule has 114 valence electrons. The molecule has 2 rings (SSSR count). The van der Waals surface area contributed by atoms with E-state index in [1.165, 1.54) is 24.4 Å². The summed E-state index contributed by atoms with van der Waals surface area (Å²) >= 11 is 5.65. The lowest BCUT2D eigenvalue weighted by atomic mass is 10.2. The maximum atomic E-state index is 13.0. The number of halogens is 2. The molecule has 0 fully saturated rings. The van der Waals surface area contributed by atoms with Crippen LogP contribution in [0.1, 0.15) is 12.5 Å². The number of benzene rings is 2. The number of carbonyl (C=O) groups is 1. The molecule has 1 N–H and O–H groups in total. The summed E-state index contributed by atoms with van der Waals surface area (Å²) in [6.45, 7) is 1.56. The second kappa shape index (κ2) is 7.56. The average Bonchev–Trinajstić information content (AvgIpc) is 2.52. The van der Waals surface area contributed by atoms with Crippen molar-refractivity contribution >= 4 is 29.4 Å². The monoisotopic (exact) mass is 320 g/mol. The van der Waals surface area contributed by atoms with E-state index < -0.39 is 17.8 Å². The molecule has 0 aliphatic rings. The molecule has 1 atom stereocenters. The van der Waals surface area contributed by atoms with Gasteiger partial charge < -0.3 is 10.2 Å². The van der Waals surface area contributed by atoms with E-state index in [1.54, 1.807) is 6.92 Å². The van der Waals surface area contributed by atoms with Gasteiger partial charge in [0.1, 0.15) is 5.82 Å². The van der Waals surface area contributed by atoms with Crippen LogP contribution in [0.5, 0.6) is 0 Å². The Morgan fingerprint density at radius 3 is 2.73 bits per heavy atom. The van der Waals surface area contributed by atoms with Crippen LogP contribution in [0.25, 0.3) is 0 Å². The third-order valence-corrected chi connectivity index (χ3v) is 3.07. The SMILES string of the molecule is CC(O/N=C/c1ccccc1)C(=O)Nc1ccc(F)c(Cl)c1. The molecule has 6 heteroatoms. The highest BCUT2D eigenvalue weighted by atomic mass is 35.5. The highest BCUT2D eigenvalue weighted by molar-refractivity contribution is 6.31. The molecule has 0 aliphatic heterocycles. The zero-order valence-electron chi connectivity index (χ0n) is 11.8. The Morgan fingerprint density at radius 1 is 1.32 bits per heavy atom. The molecule has 0 heterocycles. The minimum atomic E-state index is -0.802. The number of anilines is 1. The summed E-state index contributed by atoms with van der Waals surface area (Å²) in [5.41, 5.74) is 1.25. The van der Waals surface area contributed by atoms with Gasteiger partial charge in [-0.2, -0.15) is 0 Å². The smallest absolute Gasteiger partial charge is 0.267 e. The fourth-order valence-corrected chi connectivity index (χ4v) is 1.77. The lowest BCUT2D eigenvalue weighted by molar-refractivity contribution is -0.126. The molecule has 0 aliphatic carbocycles. The van der Waals surface area contributed by atoms with Gasteiger partial charge in [-0.05, 0) is 30.7 Å². The van der Waals surface area contributed by atoms with Gasteiger partial charge in [0.2, 0.25) is 6.10 Å². The summed E-state index contributed by atoms with van der Waals surface area (Å²) in [4.78, 5) is 17.0. The minimum Gasteiger partial charge on any atom is -0.383 e.